The number of hydrogen-bond acceptors (Lipinski definition) is 18. The van der Waals surface area contributed by atoms with Crippen molar-refractivity contribution < 1.29 is 47.8 Å². The largest absolute Gasteiger partial charge is 0.478 e. The molecule has 2 saturated heterocycles. The molecule has 8 heterocycles. The Morgan fingerprint density at radius 1 is 0.625 bits per heavy atom. The molecule has 368 valence electrons. The zero-order valence-corrected chi connectivity index (χ0v) is 38.0. The molecule has 2 aliphatic heterocycles. The number of nitrogens with one attached hydrogen (secondary N) is 2. The number of para-hydroxylation sites is 4. The number of carboxylic acid groups (broad SMARTS) is 2. The first-order valence-electron chi connectivity index (χ1n) is 22.0. The number of piperidine rings is 2. The Morgan fingerprint density at radius 3 is 1.40 bits per heavy atom. The molecule has 8 N–H and O–H groups in total. The van der Waals surface area contributed by atoms with Crippen molar-refractivity contribution in [1.82, 2.24) is 59.3 Å². The van der Waals surface area contributed by atoms with Gasteiger partial charge >= 0.3 is 24.0 Å². The quantitative estimate of drug-likeness (QED) is 0.105. The minimum Gasteiger partial charge on any atom is -0.478 e. The third-order valence-electron chi connectivity index (χ3n) is 11.3. The Hall–Kier alpha value is -9.88. The second kappa shape index (κ2) is 21.2. The van der Waals surface area contributed by atoms with E-state index in [4.69, 9.17) is 30.5 Å². The molecule has 0 radical (unpaired) electrons. The fraction of sp³-hybridized carbons (Fsp3) is 0.217. The minimum absolute atomic E-state index is 0.0507. The number of anilines is 4. The van der Waals surface area contributed by atoms with Crippen molar-refractivity contribution in [3.63, 3.8) is 0 Å². The molecule has 26 nitrogen and oxygen atoms in total. The summed E-state index contributed by atoms with van der Waals surface area (Å²) < 4.78 is 14.5. The Kier molecular flexibility index (Phi) is 14.3. The number of aliphatic carboxylic acids is 2. The number of carbonyl (C=O) groups is 6. The van der Waals surface area contributed by atoms with Gasteiger partial charge in [-0.1, -0.05) is 37.4 Å². The van der Waals surface area contributed by atoms with Gasteiger partial charge in [-0.2, -0.15) is 20.2 Å². The van der Waals surface area contributed by atoms with Crippen molar-refractivity contribution >= 4 is 103 Å². The number of likely N-dealkylation sites (tertiary alicyclic amines) is 2. The highest BCUT2D eigenvalue weighted by molar-refractivity contribution is 6.13. The van der Waals surface area contributed by atoms with Crippen LogP contribution in [-0.2, 0) is 19.2 Å². The van der Waals surface area contributed by atoms with E-state index in [2.05, 4.69) is 63.9 Å². The summed E-state index contributed by atoms with van der Waals surface area (Å²) in [5, 5.41) is 30.6. The van der Waals surface area contributed by atoms with Crippen molar-refractivity contribution in [2.75, 3.05) is 48.3 Å². The van der Waals surface area contributed by atoms with E-state index in [9.17, 15) is 28.8 Å². The van der Waals surface area contributed by atoms with Gasteiger partial charge in [-0.3, -0.25) is 29.8 Å². The number of carboxylic acids is 2. The molecule has 2 aliphatic rings. The van der Waals surface area contributed by atoms with Gasteiger partial charge in [0.05, 0.1) is 22.9 Å². The van der Waals surface area contributed by atoms with Crippen LogP contribution in [-0.4, -0.2) is 131 Å². The summed E-state index contributed by atoms with van der Waals surface area (Å²) in [5.41, 5.74) is 15.5. The summed E-state index contributed by atoms with van der Waals surface area (Å²) in [6, 6.07) is 14.1. The molecule has 8 aromatic rings. The van der Waals surface area contributed by atoms with Gasteiger partial charge in [-0.05, 0) is 62.1 Å². The highest BCUT2D eigenvalue weighted by Crippen LogP contribution is 2.31. The van der Waals surface area contributed by atoms with Crippen LogP contribution in [0.4, 0.5) is 23.7 Å². The molecule has 0 spiro atoms. The van der Waals surface area contributed by atoms with Crippen molar-refractivity contribution in [3.05, 3.63) is 110 Å². The summed E-state index contributed by atoms with van der Waals surface area (Å²) in [6.45, 7) is 9.26. The van der Waals surface area contributed by atoms with Gasteiger partial charge in [0, 0.05) is 38.3 Å². The number of nitrogens with two attached hydrogens (primary N) is 2. The summed E-state index contributed by atoms with van der Waals surface area (Å²) in [4.78, 5) is 98.1. The summed E-state index contributed by atoms with van der Waals surface area (Å²) in [7, 11) is 0. The van der Waals surface area contributed by atoms with E-state index in [-0.39, 0.29) is 59.0 Å². The maximum absolute atomic E-state index is 13.1. The second-order valence-corrected chi connectivity index (χ2v) is 16.0. The van der Waals surface area contributed by atoms with Crippen LogP contribution in [0, 0.1) is 0 Å². The zero-order chi connectivity index (χ0) is 51.1. The van der Waals surface area contributed by atoms with Gasteiger partial charge in [0.25, 0.3) is 11.8 Å². The third-order valence-corrected chi connectivity index (χ3v) is 11.3. The second-order valence-electron chi connectivity index (χ2n) is 16.0. The normalized spacial score (nSPS) is 15.6. The van der Waals surface area contributed by atoms with E-state index in [0.717, 1.165) is 25.7 Å². The van der Waals surface area contributed by atoms with Gasteiger partial charge in [0.1, 0.15) is 35.3 Å². The van der Waals surface area contributed by atoms with Gasteiger partial charge in [0.15, 0.2) is 33.8 Å². The number of aromatic nitrogens is 10. The SMILES string of the molecule is C=CC(=O)N1CCCC(n2nc(C(=O)Nc3nc4ccccc4o3)c3c(N)ncnc32)C1.C=CC(=O)N1CCCC(n2nc(C(=O)Nc3nc4ccccc4o3)c3c(N)ncnc32)C1.O=C(O)C=CC(=O)O. The maximum atomic E-state index is 13.1. The third kappa shape index (κ3) is 10.6. The lowest BCUT2D eigenvalue weighted by molar-refractivity contribution is -0.134. The highest BCUT2D eigenvalue weighted by Gasteiger charge is 2.32. The molecule has 4 amide bonds. The Labute approximate surface area is 405 Å². The van der Waals surface area contributed by atoms with Crippen LogP contribution >= 0.6 is 0 Å². The number of hydrogen-bond donors (Lipinski definition) is 6. The number of rotatable bonds is 10. The number of nitrogen functional groups attached to an aromatic ring is 2. The predicted octanol–water partition coefficient (Wildman–Crippen LogP) is 4.01. The number of oxazole rings is 2. The summed E-state index contributed by atoms with van der Waals surface area (Å²) in [5.74, 6) is -3.62. The highest BCUT2D eigenvalue weighted by atomic mass is 16.4. The van der Waals surface area contributed by atoms with Crippen LogP contribution in [0.1, 0.15) is 58.7 Å². The van der Waals surface area contributed by atoms with E-state index in [1.807, 2.05) is 24.3 Å². The lowest BCUT2D eigenvalue weighted by Crippen LogP contribution is -2.40. The van der Waals surface area contributed by atoms with Crippen LogP contribution in [0.25, 0.3) is 44.3 Å². The first-order valence-corrected chi connectivity index (χ1v) is 22.0. The topological polar surface area (TPSA) is 365 Å². The van der Waals surface area contributed by atoms with Crippen molar-refractivity contribution in [1.29, 1.82) is 0 Å². The van der Waals surface area contributed by atoms with Crippen LogP contribution in [0.3, 0.4) is 0 Å². The van der Waals surface area contributed by atoms with Crippen molar-refractivity contribution in [2.24, 2.45) is 0 Å². The first kappa shape index (κ1) is 48.6. The predicted molar refractivity (Wildman–Crippen MR) is 258 cm³/mol. The minimum atomic E-state index is -1.26. The van der Waals surface area contributed by atoms with Crippen molar-refractivity contribution in [3.8, 4) is 0 Å². The molecule has 0 bridgehead atoms. The van der Waals surface area contributed by atoms with Crippen LogP contribution in [0.5, 0.6) is 0 Å². The van der Waals surface area contributed by atoms with E-state index < -0.39 is 23.8 Å². The summed E-state index contributed by atoms with van der Waals surface area (Å²) in [6.07, 6.45) is 9.48. The molecule has 10 rings (SSSR count). The van der Waals surface area contributed by atoms with E-state index in [1.54, 1.807) is 43.4 Å². The molecule has 2 unspecified atom stereocenters. The molecule has 2 atom stereocenters. The smallest absolute Gasteiger partial charge is 0.328 e. The molecule has 0 aliphatic carbocycles. The average Bonchev–Trinajstić information content (AvgIpc) is 4.19. The summed E-state index contributed by atoms with van der Waals surface area (Å²) >= 11 is 0. The number of carbonyl (C=O) groups excluding carboxylic acids is 4. The van der Waals surface area contributed by atoms with Crippen LogP contribution in [0.2, 0.25) is 0 Å². The standard InChI is InChI=1S/2C21H20N8O3.C4H4O4/c2*1-2-15(30)28-9-5-6-12(10-28)29-19-16(18(22)23-11-24-19)17(27-29)20(31)26-21-25-13-7-3-4-8-14(13)32-21;5-3(6)1-2-4(7)8/h2*2-4,7-8,11-12H,1,5-6,9-10H2,(H2,22,23,24)(H,25,26,31);1-2H,(H,5,6)(H,7,8). The fourth-order valence-corrected chi connectivity index (χ4v) is 8.09. The fourth-order valence-electron chi connectivity index (χ4n) is 8.09. The van der Waals surface area contributed by atoms with Crippen LogP contribution in [0.15, 0.2) is 107 Å². The molecule has 2 fully saturated rings. The zero-order valence-electron chi connectivity index (χ0n) is 38.0. The van der Waals surface area contributed by atoms with Gasteiger partial charge in [-0.25, -0.2) is 38.9 Å². The molecule has 0 saturated carbocycles. The Bertz CT molecular complexity index is 3160. The average molecular weight is 981 g/mol. The maximum Gasteiger partial charge on any atom is 0.328 e. The molecular formula is C46H44N16O10. The van der Waals surface area contributed by atoms with Gasteiger partial charge < -0.3 is 40.3 Å². The Morgan fingerprint density at radius 2 is 1.03 bits per heavy atom. The van der Waals surface area contributed by atoms with Gasteiger partial charge in [0.2, 0.25) is 11.8 Å². The monoisotopic (exact) mass is 980 g/mol. The molecular weight excluding hydrogens is 937 g/mol. The van der Waals surface area contributed by atoms with E-state index >= 15 is 0 Å². The number of amides is 4. The molecule has 6 aromatic heterocycles. The van der Waals surface area contributed by atoms with Gasteiger partial charge in [-0.15, -0.1) is 0 Å². The molecule has 2 aromatic carbocycles. The first-order chi connectivity index (χ1) is 34.7. The number of benzene rings is 2. The molecule has 26 heteroatoms. The Balaban J connectivity index is 0.000000168. The van der Waals surface area contributed by atoms with E-state index in [1.165, 1.54) is 24.8 Å². The molecule has 72 heavy (non-hydrogen) atoms. The van der Waals surface area contributed by atoms with Crippen LogP contribution < -0.4 is 22.1 Å². The number of fused-ring (bicyclic) bond motifs is 4. The number of nitrogens with zero attached hydrogens (tertiary/aromatic N) is 12. The van der Waals surface area contributed by atoms with Crippen molar-refractivity contribution in [2.45, 2.75) is 37.8 Å². The van der Waals surface area contributed by atoms with E-state index in [0.29, 0.717) is 82.6 Å². The lowest BCUT2D eigenvalue weighted by Gasteiger charge is -2.32. The lowest BCUT2D eigenvalue weighted by atomic mass is 10.1.